The molecule has 2 aliphatic rings. The van der Waals surface area contributed by atoms with Gasteiger partial charge >= 0.3 is 5.91 Å². The molecule has 1 aliphatic carbocycles. The summed E-state index contributed by atoms with van der Waals surface area (Å²) in [5.41, 5.74) is 0.504. The van der Waals surface area contributed by atoms with Crippen LogP contribution in [0.15, 0.2) is 69.6 Å². The Balaban J connectivity index is 1.85. The Kier molecular flexibility index (Phi) is 4.12. The van der Waals surface area contributed by atoms with Crippen LogP contribution < -0.4 is 5.01 Å². The third-order valence-electron chi connectivity index (χ3n) is 3.40. The van der Waals surface area contributed by atoms with Crippen molar-refractivity contribution < 1.29 is 14.5 Å². The molecule has 25 heavy (non-hydrogen) atoms. The minimum atomic E-state index is -0.674. The molecule has 9 nitrogen and oxygen atoms in total. The maximum absolute atomic E-state index is 12.4. The number of amides is 1. The van der Waals surface area contributed by atoms with Crippen LogP contribution in [0.25, 0.3) is 0 Å². The number of ketones is 1. The van der Waals surface area contributed by atoms with E-state index in [0.717, 1.165) is 12.2 Å². The number of anilines is 1. The number of benzene rings is 1. The van der Waals surface area contributed by atoms with Gasteiger partial charge in [0.05, 0.1) is 22.4 Å². The predicted molar refractivity (Wildman–Crippen MR) is 91.1 cm³/mol. The van der Waals surface area contributed by atoms with E-state index >= 15 is 0 Å². The molecular weight excluding hydrogens is 326 g/mol. The van der Waals surface area contributed by atoms with Crippen molar-refractivity contribution >= 4 is 34.5 Å². The van der Waals surface area contributed by atoms with Crippen molar-refractivity contribution in [2.24, 2.45) is 15.3 Å². The predicted octanol–water partition coefficient (Wildman–Crippen LogP) is 1.51. The number of rotatable bonds is 3. The van der Waals surface area contributed by atoms with Gasteiger partial charge in [0, 0.05) is 6.08 Å². The number of hydrazone groups is 1. The van der Waals surface area contributed by atoms with Crippen LogP contribution in [-0.2, 0) is 9.59 Å². The Morgan fingerprint density at radius 3 is 2.48 bits per heavy atom. The van der Waals surface area contributed by atoms with E-state index in [4.69, 9.17) is 0 Å². The summed E-state index contributed by atoms with van der Waals surface area (Å²) in [6.45, 7) is 1.60. The van der Waals surface area contributed by atoms with Crippen LogP contribution in [0, 0.1) is 10.1 Å². The second kappa shape index (κ2) is 6.40. The maximum Gasteiger partial charge on any atom is 0.301 e. The molecule has 3 rings (SSSR count). The highest BCUT2D eigenvalue weighted by Gasteiger charge is 2.30. The van der Waals surface area contributed by atoms with Crippen LogP contribution in [0.3, 0.4) is 0 Å². The van der Waals surface area contributed by atoms with Crippen LogP contribution in [0.1, 0.15) is 6.92 Å². The molecule has 0 spiro atoms. The molecule has 0 saturated heterocycles. The third-order valence-corrected chi connectivity index (χ3v) is 3.40. The lowest BCUT2D eigenvalue weighted by molar-refractivity contribution is -0.419. The standard InChI is InChI=1S/C16H11N5O4/c1-10-15(16(23)20(19-10)11-5-3-2-4-6-11)18-17-13-8-7-12(21(24)25)9-14(13)22/h2-9H,1H3/b17-13+,18-15+. The number of nitro groups is 1. The number of hydrogen-bond acceptors (Lipinski definition) is 7. The molecule has 1 amide bonds. The zero-order valence-electron chi connectivity index (χ0n) is 13.0. The minimum Gasteiger partial charge on any atom is -0.287 e. The van der Waals surface area contributed by atoms with Crippen molar-refractivity contribution in [2.45, 2.75) is 6.92 Å². The van der Waals surface area contributed by atoms with Gasteiger partial charge in [0.15, 0.2) is 5.71 Å². The molecule has 9 heteroatoms. The molecule has 0 N–H and O–H groups in total. The highest BCUT2D eigenvalue weighted by atomic mass is 16.6. The molecule has 0 radical (unpaired) electrons. The van der Waals surface area contributed by atoms with Gasteiger partial charge in [-0.1, -0.05) is 18.2 Å². The van der Waals surface area contributed by atoms with E-state index in [1.165, 1.54) is 11.1 Å². The molecule has 0 atom stereocenters. The summed E-state index contributed by atoms with van der Waals surface area (Å²) in [5, 5.41) is 23.5. The van der Waals surface area contributed by atoms with Gasteiger partial charge < -0.3 is 0 Å². The minimum absolute atomic E-state index is 0.00149. The van der Waals surface area contributed by atoms with Crippen molar-refractivity contribution in [1.29, 1.82) is 0 Å². The normalized spacial score (nSPS) is 20.3. The number of para-hydroxylation sites is 1. The molecular formula is C16H11N5O4. The Morgan fingerprint density at radius 1 is 1.12 bits per heavy atom. The quantitative estimate of drug-likeness (QED) is 0.472. The molecule has 1 heterocycles. The second-order valence-electron chi connectivity index (χ2n) is 5.10. The van der Waals surface area contributed by atoms with Crippen molar-refractivity contribution in [2.75, 3.05) is 5.01 Å². The fourth-order valence-electron chi connectivity index (χ4n) is 2.16. The van der Waals surface area contributed by atoms with Crippen molar-refractivity contribution in [3.8, 4) is 0 Å². The molecule has 0 bridgehead atoms. The number of allylic oxidation sites excluding steroid dienone is 3. The zero-order chi connectivity index (χ0) is 18.0. The highest BCUT2D eigenvalue weighted by Crippen LogP contribution is 2.19. The van der Waals surface area contributed by atoms with E-state index in [9.17, 15) is 19.7 Å². The van der Waals surface area contributed by atoms with Gasteiger partial charge in [0.1, 0.15) is 5.71 Å². The van der Waals surface area contributed by atoms with E-state index in [2.05, 4.69) is 15.3 Å². The largest absolute Gasteiger partial charge is 0.301 e. The zero-order valence-corrected chi connectivity index (χ0v) is 13.0. The summed E-state index contributed by atoms with van der Waals surface area (Å²) in [6, 6.07) is 8.80. The summed E-state index contributed by atoms with van der Waals surface area (Å²) in [4.78, 5) is 34.2. The molecule has 1 aliphatic heterocycles. The smallest absolute Gasteiger partial charge is 0.287 e. The Hall–Kier alpha value is -3.75. The van der Waals surface area contributed by atoms with Crippen LogP contribution in [0.4, 0.5) is 5.69 Å². The Morgan fingerprint density at radius 2 is 1.84 bits per heavy atom. The van der Waals surface area contributed by atoms with Crippen molar-refractivity contribution in [1.82, 2.24) is 0 Å². The van der Waals surface area contributed by atoms with E-state index < -0.39 is 16.6 Å². The monoisotopic (exact) mass is 337 g/mol. The van der Waals surface area contributed by atoms with E-state index in [0.29, 0.717) is 11.4 Å². The summed E-state index contributed by atoms with van der Waals surface area (Å²) < 4.78 is 0. The maximum atomic E-state index is 12.4. The molecule has 1 aromatic rings. The molecule has 0 unspecified atom stereocenters. The first kappa shape index (κ1) is 16.1. The summed E-state index contributed by atoms with van der Waals surface area (Å²) in [7, 11) is 0. The summed E-state index contributed by atoms with van der Waals surface area (Å²) >= 11 is 0. The lowest BCUT2D eigenvalue weighted by Crippen LogP contribution is -2.27. The van der Waals surface area contributed by atoms with Gasteiger partial charge in [-0.25, -0.2) is 0 Å². The van der Waals surface area contributed by atoms with Crippen LogP contribution in [0.5, 0.6) is 0 Å². The van der Waals surface area contributed by atoms with Gasteiger partial charge in [0.2, 0.25) is 5.78 Å². The number of carbonyl (C=O) groups excluding carboxylic acids is 2. The lowest BCUT2D eigenvalue weighted by atomic mass is 10.1. The number of hydrogen-bond donors (Lipinski definition) is 0. The van der Waals surface area contributed by atoms with Crippen molar-refractivity contribution in [3.63, 3.8) is 0 Å². The number of nitrogens with zero attached hydrogens (tertiary/aromatic N) is 5. The Labute approximate surface area is 141 Å². The van der Waals surface area contributed by atoms with E-state index in [-0.39, 0.29) is 17.1 Å². The van der Waals surface area contributed by atoms with Gasteiger partial charge in [0.25, 0.3) is 5.70 Å². The van der Waals surface area contributed by atoms with Gasteiger partial charge in [-0.2, -0.15) is 10.1 Å². The summed E-state index contributed by atoms with van der Waals surface area (Å²) in [6.07, 6.45) is 3.19. The average Bonchev–Trinajstić information content (AvgIpc) is 2.89. The first-order valence-corrected chi connectivity index (χ1v) is 7.16. The SMILES string of the molecule is CC1=NN(c2ccccc2)C(=O)/C1=N/N=C1\C=CC([N+](=O)[O-])=CC1=O. The second-order valence-corrected chi connectivity index (χ2v) is 5.10. The summed E-state index contributed by atoms with van der Waals surface area (Å²) in [5.74, 6) is -1.12. The molecule has 0 aromatic heterocycles. The fourth-order valence-corrected chi connectivity index (χ4v) is 2.16. The molecule has 0 fully saturated rings. The Bertz CT molecular complexity index is 925. The number of carbonyl (C=O) groups is 2. The highest BCUT2D eigenvalue weighted by molar-refractivity contribution is 6.71. The first-order valence-electron chi connectivity index (χ1n) is 7.16. The van der Waals surface area contributed by atoms with E-state index in [1.807, 2.05) is 6.07 Å². The van der Waals surface area contributed by atoms with Gasteiger partial charge in [-0.05, 0) is 25.1 Å². The van der Waals surface area contributed by atoms with Crippen molar-refractivity contribution in [3.05, 3.63) is 64.4 Å². The topological polar surface area (TPSA) is 118 Å². The van der Waals surface area contributed by atoms with Gasteiger partial charge in [-0.3, -0.25) is 19.7 Å². The van der Waals surface area contributed by atoms with Crippen LogP contribution >= 0.6 is 0 Å². The third kappa shape index (κ3) is 3.15. The molecule has 124 valence electrons. The van der Waals surface area contributed by atoms with E-state index in [1.54, 1.807) is 31.2 Å². The average molecular weight is 337 g/mol. The van der Waals surface area contributed by atoms with Crippen LogP contribution in [-0.4, -0.2) is 33.7 Å². The van der Waals surface area contributed by atoms with Gasteiger partial charge in [-0.15, -0.1) is 10.2 Å². The lowest BCUT2D eigenvalue weighted by Gasteiger charge is -2.10. The molecule has 0 saturated carbocycles. The fraction of sp³-hybridized carbons (Fsp3) is 0.0625. The van der Waals surface area contributed by atoms with Crippen LogP contribution in [0.2, 0.25) is 0 Å². The molecule has 1 aromatic carbocycles. The first-order chi connectivity index (χ1) is 12.0.